The quantitative estimate of drug-likeness (QED) is 0.497. The van der Waals surface area contributed by atoms with Crippen LogP contribution in [0.4, 0.5) is 0 Å². The van der Waals surface area contributed by atoms with E-state index in [2.05, 4.69) is 11.3 Å². The van der Waals surface area contributed by atoms with Gasteiger partial charge in [-0.2, -0.15) is 0 Å². The first-order chi connectivity index (χ1) is 7.99. The second kappa shape index (κ2) is 8.25. The highest BCUT2D eigenvalue weighted by atomic mass is 16.5. The van der Waals surface area contributed by atoms with Crippen LogP contribution in [-0.2, 0) is 14.3 Å². The lowest BCUT2D eigenvalue weighted by Gasteiger charge is -2.27. The minimum absolute atomic E-state index is 0.0343. The van der Waals surface area contributed by atoms with E-state index in [1.54, 1.807) is 6.08 Å². The molecule has 100 valence electrons. The number of aliphatic hydroxyl groups is 1. The maximum absolute atomic E-state index is 11.2. The number of hydrogen-bond donors (Lipinski definition) is 1. The molecule has 2 unspecified atom stereocenters. The largest absolute Gasteiger partial charge is 0.469 e. The molecular formula is C13H24O4. The smallest absolute Gasteiger partial charge is 0.308 e. The lowest BCUT2D eigenvalue weighted by atomic mass is 9.96. The van der Waals surface area contributed by atoms with E-state index >= 15 is 0 Å². The first kappa shape index (κ1) is 16.1. The Hall–Kier alpha value is -0.870. The summed E-state index contributed by atoms with van der Waals surface area (Å²) in [4.78, 5) is 11.2. The fourth-order valence-electron chi connectivity index (χ4n) is 1.56. The van der Waals surface area contributed by atoms with Crippen LogP contribution >= 0.6 is 0 Å². The zero-order chi connectivity index (χ0) is 13.3. The standard InChI is InChI=1S/C13H24O4/c1-5-9-17-13(3,10-14)8-6-7-11(2)12(15)16-4/h5,11,14H,1,6-10H2,2-4H3. The molecule has 0 fully saturated rings. The van der Waals surface area contributed by atoms with E-state index in [1.807, 2.05) is 13.8 Å². The molecule has 4 heteroatoms. The molecule has 17 heavy (non-hydrogen) atoms. The molecule has 0 amide bonds. The first-order valence-electron chi connectivity index (χ1n) is 5.92. The lowest BCUT2D eigenvalue weighted by molar-refractivity contribution is -0.145. The Balaban J connectivity index is 3.98. The number of carbonyl (C=O) groups is 1. The third-order valence-electron chi connectivity index (χ3n) is 2.83. The fraction of sp³-hybridized carbons (Fsp3) is 0.769. The van der Waals surface area contributed by atoms with Crippen LogP contribution in [0.2, 0.25) is 0 Å². The predicted octanol–water partition coefficient (Wildman–Crippen LogP) is 1.92. The summed E-state index contributed by atoms with van der Waals surface area (Å²) in [6.45, 7) is 7.66. The van der Waals surface area contributed by atoms with Gasteiger partial charge in [-0.15, -0.1) is 6.58 Å². The van der Waals surface area contributed by atoms with Crippen molar-refractivity contribution >= 4 is 5.97 Å². The van der Waals surface area contributed by atoms with E-state index in [-0.39, 0.29) is 18.5 Å². The zero-order valence-electron chi connectivity index (χ0n) is 11.1. The molecule has 0 aliphatic rings. The number of rotatable bonds is 9. The van der Waals surface area contributed by atoms with E-state index in [0.717, 1.165) is 12.8 Å². The summed E-state index contributed by atoms with van der Waals surface area (Å²) >= 11 is 0. The Morgan fingerprint density at radius 2 is 2.24 bits per heavy atom. The van der Waals surface area contributed by atoms with Crippen molar-refractivity contribution in [1.82, 2.24) is 0 Å². The number of carbonyl (C=O) groups excluding carboxylic acids is 1. The van der Waals surface area contributed by atoms with Crippen LogP contribution < -0.4 is 0 Å². The van der Waals surface area contributed by atoms with Crippen LogP contribution in [0.15, 0.2) is 12.7 Å². The van der Waals surface area contributed by atoms with Gasteiger partial charge in [0, 0.05) is 0 Å². The summed E-state index contributed by atoms with van der Waals surface area (Å²) < 4.78 is 10.2. The molecule has 0 aliphatic heterocycles. The molecule has 0 aromatic heterocycles. The molecule has 0 aliphatic carbocycles. The highest BCUT2D eigenvalue weighted by Gasteiger charge is 2.24. The summed E-state index contributed by atoms with van der Waals surface area (Å²) in [7, 11) is 1.39. The summed E-state index contributed by atoms with van der Waals surface area (Å²) in [5.41, 5.74) is -0.552. The minimum Gasteiger partial charge on any atom is -0.469 e. The van der Waals surface area contributed by atoms with Gasteiger partial charge in [0.05, 0.1) is 31.8 Å². The van der Waals surface area contributed by atoms with Crippen LogP contribution in [0.3, 0.4) is 0 Å². The minimum atomic E-state index is -0.552. The number of ether oxygens (including phenoxy) is 2. The van der Waals surface area contributed by atoms with Gasteiger partial charge in [-0.25, -0.2) is 0 Å². The number of methoxy groups -OCH3 is 1. The van der Waals surface area contributed by atoms with Crippen molar-refractivity contribution in [3.05, 3.63) is 12.7 Å². The molecule has 0 saturated heterocycles. The van der Waals surface area contributed by atoms with Crippen molar-refractivity contribution in [2.45, 2.75) is 38.7 Å². The molecule has 0 rings (SSSR count). The second-order valence-corrected chi connectivity index (χ2v) is 4.52. The van der Waals surface area contributed by atoms with Gasteiger partial charge in [-0.05, 0) is 26.2 Å². The SMILES string of the molecule is C=CCOC(C)(CO)CCCC(C)C(=O)OC. The van der Waals surface area contributed by atoms with Crippen molar-refractivity contribution in [2.75, 3.05) is 20.3 Å². The Morgan fingerprint density at radius 3 is 2.71 bits per heavy atom. The third-order valence-corrected chi connectivity index (χ3v) is 2.83. The molecule has 2 atom stereocenters. The van der Waals surface area contributed by atoms with Crippen LogP contribution in [0.5, 0.6) is 0 Å². The summed E-state index contributed by atoms with van der Waals surface area (Å²) in [5, 5.41) is 9.28. The van der Waals surface area contributed by atoms with Gasteiger partial charge in [-0.3, -0.25) is 4.79 Å². The van der Waals surface area contributed by atoms with E-state index < -0.39 is 5.60 Å². The molecule has 0 radical (unpaired) electrons. The fourth-order valence-corrected chi connectivity index (χ4v) is 1.56. The van der Waals surface area contributed by atoms with Gasteiger partial charge in [0.2, 0.25) is 0 Å². The molecule has 0 saturated carbocycles. The first-order valence-corrected chi connectivity index (χ1v) is 5.92. The van der Waals surface area contributed by atoms with Crippen molar-refractivity contribution < 1.29 is 19.4 Å². The summed E-state index contributed by atoms with van der Waals surface area (Å²) in [6, 6.07) is 0. The van der Waals surface area contributed by atoms with Gasteiger partial charge in [0.25, 0.3) is 0 Å². The summed E-state index contributed by atoms with van der Waals surface area (Å²) in [5.74, 6) is -0.301. The predicted molar refractivity (Wildman–Crippen MR) is 66.7 cm³/mol. The molecule has 0 spiro atoms. The molecule has 0 aromatic rings. The van der Waals surface area contributed by atoms with Crippen LogP contribution in [-0.4, -0.2) is 37.0 Å². The van der Waals surface area contributed by atoms with Crippen molar-refractivity contribution in [1.29, 1.82) is 0 Å². The highest BCUT2D eigenvalue weighted by molar-refractivity contribution is 5.71. The average Bonchev–Trinajstić information content (AvgIpc) is 2.35. The highest BCUT2D eigenvalue weighted by Crippen LogP contribution is 2.20. The normalized spacial score (nSPS) is 16.0. The molecule has 0 bridgehead atoms. The van der Waals surface area contributed by atoms with Crippen LogP contribution in [0.1, 0.15) is 33.1 Å². The molecular weight excluding hydrogens is 220 g/mol. The van der Waals surface area contributed by atoms with Crippen LogP contribution in [0, 0.1) is 5.92 Å². The summed E-state index contributed by atoms with van der Waals surface area (Å²) in [6.07, 6.45) is 3.91. The Labute approximate surface area is 104 Å². The van der Waals surface area contributed by atoms with Crippen LogP contribution in [0.25, 0.3) is 0 Å². The third kappa shape index (κ3) is 6.44. The Kier molecular flexibility index (Phi) is 7.83. The van der Waals surface area contributed by atoms with Crippen molar-refractivity contribution in [3.8, 4) is 0 Å². The van der Waals surface area contributed by atoms with Gasteiger partial charge in [0.15, 0.2) is 0 Å². The number of esters is 1. The zero-order valence-corrected chi connectivity index (χ0v) is 11.1. The van der Waals surface area contributed by atoms with Gasteiger partial charge >= 0.3 is 5.97 Å². The second-order valence-electron chi connectivity index (χ2n) is 4.52. The molecule has 0 heterocycles. The number of hydrogen-bond acceptors (Lipinski definition) is 4. The van der Waals surface area contributed by atoms with E-state index in [4.69, 9.17) is 4.74 Å². The molecule has 0 aromatic carbocycles. The van der Waals surface area contributed by atoms with Crippen molar-refractivity contribution in [2.24, 2.45) is 5.92 Å². The van der Waals surface area contributed by atoms with Gasteiger partial charge in [0.1, 0.15) is 0 Å². The van der Waals surface area contributed by atoms with Crippen molar-refractivity contribution in [3.63, 3.8) is 0 Å². The monoisotopic (exact) mass is 244 g/mol. The van der Waals surface area contributed by atoms with E-state index in [9.17, 15) is 9.90 Å². The molecule has 4 nitrogen and oxygen atoms in total. The molecule has 1 N–H and O–H groups in total. The Bertz CT molecular complexity index is 240. The van der Waals surface area contributed by atoms with Gasteiger partial charge < -0.3 is 14.6 Å². The van der Waals surface area contributed by atoms with Gasteiger partial charge in [-0.1, -0.05) is 13.0 Å². The van der Waals surface area contributed by atoms with E-state index in [1.165, 1.54) is 7.11 Å². The topological polar surface area (TPSA) is 55.8 Å². The number of aliphatic hydroxyl groups excluding tert-OH is 1. The average molecular weight is 244 g/mol. The lowest BCUT2D eigenvalue weighted by Crippen LogP contribution is -2.33. The Morgan fingerprint density at radius 1 is 1.59 bits per heavy atom. The maximum Gasteiger partial charge on any atom is 0.308 e. The maximum atomic E-state index is 11.2. The van der Waals surface area contributed by atoms with E-state index in [0.29, 0.717) is 13.0 Å².